The second-order valence-electron chi connectivity index (χ2n) is 25.2. The number of hydrogen-bond donors (Lipinski definition) is 0. The normalized spacial score (nSPS) is 11.8. The van der Waals surface area contributed by atoms with E-state index in [1.807, 2.05) is 81.7 Å². The van der Waals surface area contributed by atoms with Crippen LogP contribution in [0.25, 0.3) is 205 Å². The van der Waals surface area contributed by atoms with Gasteiger partial charge in [-0.15, -0.1) is 45.3 Å². The van der Waals surface area contributed by atoms with E-state index in [1.165, 1.54) is 114 Å². The Morgan fingerprint density at radius 2 is 0.390 bits per heavy atom. The molecule has 14 aromatic carbocycles. The average Bonchev–Trinajstić information content (AvgIpc) is 1.58. The van der Waals surface area contributed by atoms with Gasteiger partial charge in [-0.25, -0.2) is 29.9 Å². The van der Waals surface area contributed by atoms with Gasteiger partial charge in [0.1, 0.15) is 0 Å². The summed E-state index contributed by atoms with van der Waals surface area (Å²) < 4.78 is 10.2. The van der Waals surface area contributed by atoms with Crippen molar-refractivity contribution in [1.82, 2.24) is 29.9 Å². The van der Waals surface area contributed by atoms with E-state index in [2.05, 4.69) is 279 Å². The van der Waals surface area contributed by atoms with Crippen molar-refractivity contribution in [3.05, 3.63) is 315 Å². The molecule has 0 N–H and O–H groups in total. The summed E-state index contributed by atoms with van der Waals surface area (Å²) in [6, 6.07) is 113. The van der Waals surface area contributed by atoms with Crippen LogP contribution in [-0.2, 0) is 0 Å². The molecule has 466 valence electrons. The van der Waals surface area contributed by atoms with Crippen molar-refractivity contribution in [3.63, 3.8) is 0 Å². The third-order valence-corrected chi connectivity index (χ3v) is 24.1. The molecule has 100 heavy (non-hydrogen) atoms. The zero-order chi connectivity index (χ0) is 65.8. The maximum Gasteiger partial charge on any atom is 0.164 e. The summed E-state index contributed by atoms with van der Waals surface area (Å²) in [6.45, 7) is 0. The second kappa shape index (κ2) is 23.9. The summed E-state index contributed by atoms with van der Waals surface area (Å²) in [5.74, 6) is 3.79. The van der Waals surface area contributed by atoms with E-state index in [1.54, 1.807) is 0 Å². The molecule has 0 radical (unpaired) electrons. The molecule has 0 aliphatic heterocycles. The maximum atomic E-state index is 5.16. The Kier molecular flexibility index (Phi) is 13.9. The van der Waals surface area contributed by atoms with Crippen molar-refractivity contribution in [2.24, 2.45) is 0 Å². The molecule has 0 aliphatic carbocycles. The minimum atomic E-state index is 0.628. The molecule has 6 heterocycles. The fraction of sp³-hybridized carbons (Fsp3) is 0. The Morgan fingerprint density at radius 3 is 0.770 bits per heavy atom. The summed E-state index contributed by atoms with van der Waals surface area (Å²) in [6.07, 6.45) is 0. The van der Waals surface area contributed by atoms with E-state index in [-0.39, 0.29) is 0 Å². The van der Waals surface area contributed by atoms with Gasteiger partial charge in [0.05, 0.1) is 0 Å². The lowest BCUT2D eigenvalue weighted by Crippen LogP contribution is -2.00. The number of nitrogens with zero attached hydrogens (tertiary/aromatic N) is 6. The van der Waals surface area contributed by atoms with Gasteiger partial charge in [0.25, 0.3) is 0 Å². The van der Waals surface area contributed by atoms with Crippen LogP contribution in [0.3, 0.4) is 0 Å². The lowest BCUT2D eigenvalue weighted by Gasteiger charge is -2.10. The highest BCUT2D eigenvalue weighted by Gasteiger charge is 2.20. The molecule has 6 aromatic heterocycles. The zero-order valence-electron chi connectivity index (χ0n) is 53.3. The number of benzene rings is 14. The summed E-state index contributed by atoms with van der Waals surface area (Å²) in [7, 11) is 0. The van der Waals surface area contributed by atoms with Crippen molar-refractivity contribution >= 4 is 126 Å². The molecule has 20 aromatic rings. The van der Waals surface area contributed by atoms with Crippen molar-refractivity contribution in [1.29, 1.82) is 0 Å². The quantitative estimate of drug-likeness (QED) is 0.128. The van der Waals surface area contributed by atoms with Gasteiger partial charge in [0.2, 0.25) is 0 Å². The molecule has 0 spiro atoms. The molecule has 0 unspecified atom stereocenters. The van der Waals surface area contributed by atoms with Gasteiger partial charge in [-0.1, -0.05) is 267 Å². The highest BCUT2D eigenvalue weighted by molar-refractivity contribution is 7.27. The fourth-order valence-corrected chi connectivity index (χ4v) is 19.0. The monoisotopic (exact) mass is 1340 g/mol. The van der Waals surface area contributed by atoms with Crippen LogP contribution in [0.2, 0.25) is 0 Å². The smallest absolute Gasteiger partial charge is 0.164 e. The van der Waals surface area contributed by atoms with Crippen LogP contribution in [0.1, 0.15) is 0 Å². The Morgan fingerprint density at radius 1 is 0.150 bits per heavy atom. The molecule has 0 atom stereocenters. The minimum Gasteiger partial charge on any atom is -0.208 e. The van der Waals surface area contributed by atoms with Gasteiger partial charge in [-0.2, -0.15) is 0 Å². The van der Waals surface area contributed by atoms with Crippen LogP contribution in [0.4, 0.5) is 0 Å². The summed E-state index contributed by atoms with van der Waals surface area (Å²) in [5.41, 5.74) is 17.3. The first-order valence-corrected chi connectivity index (χ1v) is 36.5. The fourth-order valence-electron chi connectivity index (χ4n) is 14.2. The number of aromatic nitrogens is 6. The first-order chi connectivity index (χ1) is 49.5. The standard InChI is InChI=1S/C90H52N6S4/c1-3-14-57(15-4-1)85-91-87(59-36-28-53(29-37-59)63-44-47-79-74(50-63)70-19-8-9-26-77(70)97-79)95-88(92-85)61-40-32-55(33-41-61)67-21-12-24-72-75-51-64(45-48-80(75)99-83(67)72)65-46-49-81-76(52-65)73-25-13-22-68(84(73)100-81)56-34-42-62(43-35-56)90-94-86(58-16-5-2-6-17-58)93-89(96-90)60-38-30-54(31-39-60)66-20-11-23-71-69-18-7-10-27-78(69)98-82(66)71/h1-52H. The zero-order valence-corrected chi connectivity index (χ0v) is 56.6. The van der Waals surface area contributed by atoms with Crippen LogP contribution < -0.4 is 0 Å². The predicted octanol–water partition coefficient (Wildman–Crippen LogP) is 25.9. The maximum absolute atomic E-state index is 5.16. The number of hydrogen-bond acceptors (Lipinski definition) is 10. The first-order valence-electron chi connectivity index (χ1n) is 33.3. The molecule has 0 aliphatic rings. The van der Waals surface area contributed by atoms with E-state index in [4.69, 9.17) is 29.9 Å². The predicted molar refractivity (Wildman–Crippen MR) is 425 cm³/mol. The van der Waals surface area contributed by atoms with Gasteiger partial charge < -0.3 is 0 Å². The third-order valence-electron chi connectivity index (χ3n) is 19.3. The van der Waals surface area contributed by atoms with E-state index in [9.17, 15) is 0 Å². The van der Waals surface area contributed by atoms with Crippen molar-refractivity contribution in [3.8, 4) is 124 Å². The molecular formula is C90H52N6S4. The number of thiophene rings is 4. The average molecular weight is 1350 g/mol. The largest absolute Gasteiger partial charge is 0.208 e. The van der Waals surface area contributed by atoms with Crippen LogP contribution in [0.5, 0.6) is 0 Å². The Labute approximate surface area is 590 Å². The molecule has 0 bridgehead atoms. The first kappa shape index (κ1) is 58.2. The summed E-state index contributed by atoms with van der Waals surface area (Å²) in [4.78, 5) is 30.6. The van der Waals surface area contributed by atoms with Gasteiger partial charge in [-0.05, 0) is 104 Å². The molecule has 6 nitrogen and oxygen atoms in total. The molecule has 0 amide bonds. The summed E-state index contributed by atoms with van der Waals surface area (Å²) >= 11 is 7.39. The highest BCUT2D eigenvalue weighted by atomic mass is 32.1. The molecular weight excluding hydrogens is 1290 g/mol. The Bertz CT molecular complexity index is 6620. The minimum absolute atomic E-state index is 0.628. The Hall–Kier alpha value is -12.0. The van der Waals surface area contributed by atoms with E-state index in [0.29, 0.717) is 34.9 Å². The van der Waals surface area contributed by atoms with Gasteiger partial charge >= 0.3 is 0 Å². The van der Waals surface area contributed by atoms with Crippen LogP contribution in [-0.4, -0.2) is 29.9 Å². The number of rotatable bonds is 11. The molecule has 0 saturated heterocycles. The lowest BCUT2D eigenvalue weighted by atomic mass is 9.98. The lowest BCUT2D eigenvalue weighted by molar-refractivity contribution is 1.07. The Balaban J connectivity index is 0.578. The van der Waals surface area contributed by atoms with Gasteiger partial charge in [0.15, 0.2) is 34.9 Å². The third kappa shape index (κ3) is 10.2. The van der Waals surface area contributed by atoms with Crippen LogP contribution >= 0.6 is 45.3 Å². The number of fused-ring (bicyclic) bond motifs is 12. The van der Waals surface area contributed by atoms with Crippen molar-refractivity contribution in [2.75, 3.05) is 0 Å². The van der Waals surface area contributed by atoms with Crippen molar-refractivity contribution < 1.29 is 0 Å². The molecule has 0 fully saturated rings. The molecule has 0 saturated carbocycles. The van der Waals surface area contributed by atoms with E-state index >= 15 is 0 Å². The van der Waals surface area contributed by atoms with E-state index < -0.39 is 0 Å². The highest BCUT2D eigenvalue weighted by Crippen LogP contribution is 2.46. The van der Waals surface area contributed by atoms with Crippen LogP contribution in [0.15, 0.2) is 315 Å². The van der Waals surface area contributed by atoms with Gasteiger partial charge in [-0.3, -0.25) is 0 Å². The molecule has 20 rings (SSSR count). The topological polar surface area (TPSA) is 77.3 Å². The SMILES string of the molecule is c1ccc(-c2nc(-c3ccc(-c4ccc5sc6ccccc6c5c4)cc3)nc(-c3ccc(-c4cccc5c4sc4ccc(-c6ccc7sc8c(-c9ccc(-c%10nc(-c%11ccccc%11)nc(-c%11ccc(-c%12cccc%13c%12sc%12ccccc%12%13)cc%11)n%10)cc9)cccc8c7c6)cc45)cc3)n2)cc1. The van der Waals surface area contributed by atoms with Gasteiger partial charge in [0, 0.05) is 114 Å². The summed E-state index contributed by atoms with van der Waals surface area (Å²) in [5, 5.41) is 10.2. The molecule has 10 heteroatoms. The van der Waals surface area contributed by atoms with E-state index in [0.717, 1.165) is 55.6 Å². The second-order valence-corrected chi connectivity index (χ2v) is 29.5. The van der Waals surface area contributed by atoms with Crippen LogP contribution in [0, 0.1) is 0 Å². The van der Waals surface area contributed by atoms with Crippen molar-refractivity contribution in [2.45, 2.75) is 0 Å².